The van der Waals surface area contributed by atoms with Gasteiger partial charge in [-0.05, 0) is 38.1 Å². The van der Waals surface area contributed by atoms with Crippen molar-refractivity contribution in [2.75, 3.05) is 54.1 Å². The lowest BCUT2D eigenvalue weighted by molar-refractivity contribution is 0.0248. The van der Waals surface area contributed by atoms with E-state index >= 15 is 0 Å². The molecule has 126 valence electrons. The minimum Gasteiger partial charge on any atom is -0.383 e. The smallest absolute Gasteiger partial charge is 0.0615 e. The second-order valence-corrected chi connectivity index (χ2v) is 6.98. The van der Waals surface area contributed by atoms with Crippen LogP contribution in [0.5, 0.6) is 0 Å². The second kappa shape index (κ2) is 9.78. The lowest BCUT2D eigenvalue weighted by atomic mass is 9.70. The molecule has 0 heterocycles. The molecule has 21 heavy (non-hydrogen) atoms. The van der Waals surface area contributed by atoms with Crippen LogP contribution in [-0.4, -0.2) is 65.1 Å². The van der Waals surface area contributed by atoms with E-state index in [1.54, 1.807) is 14.2 Å². The Hall–Kier alpha value is -0.160. The van der Waals surface area contributed by atoms with Gasteiger partial charge >= 0.3 is 0 Å². The Morgan fingerprint density at radius 3 is 2.43 bits per heavy atom. The first kappa shape index (κ1) is 18.9. The van der Waals surface area contributed by atoms with Crippen molar-refractivity contribution in [1.29, 1.82) is 0 Å². The molecule has 1 unspecified atom stereocenters. The van der Waals surface area contributed by atoms with Gasteiger partial charge in [-0.2, -0.15) is 0 Å². The number of nitrogens with one attached hydrogen (secondary N) is 1. The summed E-state index contributed by atoms with van der Waals surface area (Å²) in [6.07, 6.45) is 5.38. The van der Waals surface area contributed by atoms with Crippen LogP contribution in [0.1, 0.15) is 39.5 Å². The van der Waals surface area contributed by atoms with E-state index in [0.717, 1.165) is 38.8 Å². The van der Waals surface area contributed by atoms with Gasteiger partial charge in [0.1, 0.15) is 0 Å². The Morgan fingerprint density at radius 1 is 1.24 bits per heavy atom. The van der Waals surface area contributed by atoms with Gasteiger partial charge in [0.25, 0.3) is 0 Å². The summed E-state index contributed by atoms with van der Waals surface area (Å²) in [7, 11) is 5.65. The van der Waals surface area contributed by atoms with Crippen molar-refractivity contribution in [2.24, 2.45) is 11.3 Å². The normalized spacial score (nSPS) is 28.0. The largest absolute Gasteiger partial charge is 0.383 e. The number of ether oxygens (including phenoxy) is 2. The van der Waals surface area contributed by atoms with Gasteiger partial charge in [-0.25, -0.2) is 0 Å². The zero-order valence-corrected chi connectivity index (χ0v) is 14.8. The molecule has 1 N–H and O–H groups in total. The maximum Gasteiger partial charge on any atom is 0.0615 e. The predicted molar refractivity (Wildman–Crippen MR) is 88.8 cm³/mol. The SMILES string of the molecule is CNCC1(CN(CCOC)C(C)COC)CCC(C)CC1. The van der Waals surface area contributed by atoms with E-state index in [2.05, 4.69) is 31.1 Å². The summed E-state index contributed by atoms with van der Waals surface area (Å²) in [5, 5.41) is 3.44. The number of rotatable bonds is 10. The zero-order chi connectivity index (χ0) is 15.7. The van der Waals surface area contributed by atoms with Gasteiger partial charge in [0.2, 0.25) is 0 Å². The van der Waals surface area contributed by atoms with E-state index in [9.17, 15) is 0 Å². The first-order chi connectivity index (χ1) is 10.1. The summed E-state index contributed by atoms with van der Waals surface area (Å²) in [4.78, 5) is 2.56. The van der Waals surface area contributed by atoms with Gasteiger partial charge in [-0.1, -0.05) is 19.8 Å². The maximum atomic E-state index is 5.37. The Labute approximate surface area is 131 Å². The Balaban J connectivity index is 2.70. The first-order valence-corrected chi connectivity index (χ1v) is 8.43. The Morgan fingerprint density at radius 2 is 1.90 bits per heavy atom. The van der Waals surface area contributed by atoms with Crippen molar-refractivity contribution in [2.45, 2.75) is 45.6 Å². The molecule has 0 bridgehead atoms. The number of hydrogen-bond donors (Lipinski definition) is 1. The third-order valence-electron chi connectivity index (χ3n) is 5.04. The van der Waals surface area contributed by atoms with Gasteiger partial charge in [0.05, 0.1) is 13.2 Å². The summed E-state index contributed by atoms with van der Waals surface area (Å²) in [6.45, 7) is 9.48. The fourth-order valence-corrected chi connectivity index (χ4v) is 3.58. The van der Waals surface area contributed by atoms with Gasteiger partial charge in [0, 0.05) is 39.9 Å². The fraction of sp³-hybridized carbons (Fsp3) is 1.00. The minimum atomic E-state index is 0.414. The van der Waals surface area contributed by atoms with Crippen LogP contribution in [0.3, 0.4) is 0 Å². The minimum absolute atomic E-state index is 0.414. The third kappa shape index (κ3) is 6.23. The molecule has 0 saturated heterocycles. The molecule has 0 amide bonds. The van der Waals surface area contributed by atoms with Crippen molar-refractivity contribution in [3.05, 3.63) is 0 Å². The lowest BCUT2D eigenvalue weighted by Crippen LogP contribution is -2.50. The summed E-state index contributed by atoms with van der Waals surface area (Å²) in [6, 6.07) is 0.443. The molecule has 1 rings (SSSR count). The van der Waals surface area contributed by atoms with Crippen LogP contribution in [-0.2, 0) is 9.47 Å². The molecule has 1 saturated carbocycles. The predicted octanol–water partition coefficient (Wildman–Crippen LogP) is 2.39. The monoisotopic (exact) mass is 300 g/mol. The topological polar surface area (TPSA) is 33.7 Å². The highest BCUT2D eigenvalue weighted by Crippen LogP contribution is 2.39. The van der Waals surface area contributed by atoms with Gasteiger partial charge in [0.15, 0.2) is 0 Å². The van der Waals surface area contributed by atoms with Crippen molar-refractivity contribution >= 4 is 0 Å². The summed E-state index contributed by atoms with van der Waals surface area (Å²) >= 11 is 0. The zero-order valence-electron chi connectivity index (χ0n) is 14.8. The van der Waals surface area contributed by atoms with Crippen LogP contribution in [0.2, 0.25) is 0 Å². The van der Waals surface area contributed by atoms with Crippen LogP contribution in [0.4, 0.5) is 0 Å². The molecule has 4 nitrogen and oxygen atoms in total. The Kier molecular flexibility index (Phi) is 8.79. The van der Waals surface area contributed by atoms with Crippen molar-refractivity contribution in [3.8, 4) is 0 Å². The van der Waals surface area contributed by atoms with Gasteiger partial charge < -0.3 is 14.8 Å². The average molecular weight is 300 g/mol. The molecule has 0 aromatic carbocycles. The van der Waals surface area contributed by atoms with E-state index in [1.807, 2.05) is 0 Å². The molecule has 1 fully saturated rings. The molecule has 1 aliphatic carbocycles. The van der Waals surface area contributed by atoms with Crippen LogP contribution in [0.25, 0.3) is 0 Å². The molecule has 0 aliphatic heterocycles. The molecule has 4 heteroatoms. The quantitative estimate of drug-likeness (QED) is 0.672. The average Bonchev–Trinajstić information content (AvgIpc) is 2.47. The van der Waals surface area contributed by atoms with E-state index < -0.39 is 0 Å². The van der Waals surface area contributed by atoms with Crippen molar-refractivity contribution in [3.63, 3.8) is 0 Å². The maximum absolute atomic E-state index is 5.37. The summed E-state index contributed by atoms with van der Waals surface area (Å²) in [5.74, 6) is 0.888. The molecule has 0 aromatic rings. The molecular weight excluding hydrogens is 264 g/mol. The third-order valence-corrected chi connectivity index (χ3v) is 5.04. The number of nitrogens with zero attached hydrogens (tertiary/aromatic N) is 1. The molecule has 1 atom stereocenters. The summed E-state index contributed by atoms with van der Waals surface area (Å²) in [5.41, 5.74) is 0.414. The van der Waals surface area contributed by atoms with Gasteiger partial charge in [-0.15, -0.1) is 0 Å². The van der Waals surface area contributed by atoms with E-state index in [-0.39, 0.29) is 0 Å². The van der Waals surface area contributed by atoms with E-state index in [1.165, 1.54) is 25.7 Å². The van der Waals surface area contributed by atoms with Crippen LogP contribution < -0.4 is 5.32 Å². The van der Waals surface area contributed by atoms with E-state index in [4.69, 9.17) is 9.47 Å². The molecular formula is C17H36N2O2. The van der Waals surface area contributed by atoms with Crippen LogP contribution >= 0.6 is 0 Å². The lowest BCUT2D eigenvalue weighted by Gasteiger charge is -2.44. The highest BCUT2D eigenvalue weighted by Gasteiger charge is 2.36. The van der Waals surface area contributed by atoms with Crippen molar-refractivity contribution in [1.82, 2.24) is 10.2 Å². The molecule has 1 aliphatic rings. The Bertz CT molecular complexity index is 266. The van der Waals surface area contributed by atoms with Crippen molar-refractivity contribution < 1.29 is 9.47 Å². The highest BCUT2D eigenvalue weighted by atomic mass is 16.5. The molecule has 0 spiro atoms. The molecule has 0 radical (unpaired) electrons. The van der Waals surface area contributed by atoms with Gasteiger partial charge in [-0.3, -0.25) is 4.90 Å². The standard InChI is InChI=1S/C17H36N2O2/c1-15-6-8-17(9-7-15,13-18-3)14-19(10-11-20-4)16(2)12-21-5/h15-16,18H,6-14H2,1-5H3. The number of methoxy groups -OCH3 is 2. The first-order valence-electron chi connectivity index (χ1n) is 8.43. The van der Waals surface area contributed by atoms with Crippen LogP contribution in [0, 0.1) is 11.3 Å². The fourth-order valence-electron chi connectivity index (χ4n) is 3.58. The molecule has 0 aromatic heterocycles. The summed E-state index contributed by atoms with van der Waals surface area (Å²) < 4.78 is 10.7. The van der Waals surface area contributed by atoms with Crippen LogP contribution in [0.15, 0.2) is 0 Å². The highest BCUT2D eigenvalue weighted by molar-refractivity contribution is 4.90. The second-order valence-electron chi connectivity index (χ2n) is 6.98. The number of hydrogen-bond acceptors (Lipinski definition) is 4. The van der Waals surface area contributed by atoms with E-state index in [0.29, 0.717) is 11.5 Å².